The van der Waals surface area contributed by atoms with Crippen LogP contribution in [-0.2, 0) is 10.2 Å². The van der Waals surface area contributed by atoms with Crippen LogP contribution in [0.4, 0.5) is 11.6 Å². The van der Waals surface area contributed by atoms with Crippen LogP contribution in [0.2, 0.25) is 0 Å². The molecule has 0 radical (unpaired) electrons. The van der Waals surface area contributed by atoms with Gasteiger partial charge in [0.2, 0.25) is 5.95 Å². The lowest BCUT2D eigenvalue weighted by Gasteiger charge is -2.26. The molecule has 0 unspecified atom stereocenters. The van der Waals surface area contributed by atoms with Gasteiger partial charge in [-0.3, -0.25) is 4.79 Å². The van der Waals surface area contributed by atoms with Crippen LogP contribution in [0.3, 0.4) is 0 Å². The van der Waals surface area contributed by atoms with Crippen molar-refractivity contribution in [3.05, 3.63) is 47.3 Å². The number of nitrogens with one attached hydrogen (secondary N) is 1. The van der Waals surface area contributed by atoms with Crippen molar-refractivity contribution in [2.75, 3.05) is 31.6 Å². The van der Waals surface area contributed by atoms with Gasteiger partial charge in [-0.05, 0) is 30.0 Å². The zero-order valence-electron chi connectivity index (χ0n) is 15.9. The molecule has 6 nitrogen and oxygen atoms in total. The Morgan fingerprint density at radius 1 is 1.15 bits per heavy atom. The monoisotopic (exact) mass is 354 g/mol. The molecule has 0 bridgehead atoms. The van der Waals surface area contributed by atoms with E-state index in [4.69, 9.17) is 4.74 Å². The number of aryl methyl sites for hydroxylation is 1. The molecular formula is C20H26N4O2. The van der Waals surface area contributed by atoms with Gasteiger partial charge in [-0.15, -0.1) is 0 Å². The number of anilines is 2. The highest BCUT2D eigenvalue weighted by molar-refractivity contribution is 5.92. The van der Waals surface area contributed by atoms with Crippen molar-refractivity contribution < 1.29 is 9.53 Å². The van der Waals surface area contributed by atoms with E-state index in [0.29, 0.717) is 37.9 Å². The molecule has 1 aromatic heterocycles. The lowest BCUT2D eigenvalue weighted by atomic mass is 9.86. The Kier molecular flexibility index (Phi) is 5.23. The number of aromatic nitrogens is 2. The van der Waals surface area contributed by atoms with Crippen molar-refractivity contribution >= 4 is 17.5 Å². The van der Waals surface area contributed by atoms with Crippen LogP contribution in [0.25, 0.3) is 0 Å². The van der Waals surface area contributed by atoms with E-state index in [-0.39, 0.29) is 11.3 Å². The summed E-state index contributed by atoms with van der Waals surface area (Å²) in [6.45, 7) is 10.7. The molecule has 1 aromatic carbocycles. The molecule has 1 saturated heterocycles. The Hall–Kier alpha value is -2.47. The molecule has 138 valence electrons. The van der Waals surface area contributed by atoms with Crippen molar-refractivity contribution in [3.8, 4) is 0 Å². The largest absolute Gasteiger partial charge is 0.378 e. The van der Waals surface area contributed by atoms with Gasteiger partial charge < -0.3 is 15.0 Å². The first-order valence-electron chi connectivity index (χ1n) is 8.94. The third kappa shape index (κ3) is 4.19. The maximum absolute atomic E-state index is 12.7. The topological polar surface area (TPSA) is 67.4 Å². The molecule has 0 atom stereocenters. The van der Waals surface area contributed by atoms with E-state index in [1.807, 2.05) is 25.1 Å². The fourth-order valence-corrected chi connectivity index (χ4v) is 3.03. The van der Waals surface area contributed by atoms with Crippen molar-refractivity contribution in [2.45, 2.75) is 33.1 Å². The van der Waals surface area contributed by atoms with Crippen LogP contribution in [0, 0.1) is 6.92 Å². The minimum atomic E-state index is -0.0778. The highest BCUT2D eigenvalue weighted by Crippen LogP contribution is 2.30. The summed E-state index contributed by atoms with van der Waals surface area (Å²) in [5, 5.41) is 3.30. The summed E-state index contributed by atoms with van der Waals surface area (Å²) in [5.41, 5.74) is 3.28. The van der Waals surface area contributed by atoms with Crippen LogP contribution in [0.5, 0.6) is 0 Å². The molecule has 2 aromatic rings. The molecule has 2 heterocycles. The first kappa shape index (κ1) is 18.3. The van der Waals surface area contributed by atoms with Gasteiger partial charge in [-0.25, -0.2) is 9.97 Å². The van der Waals surface area contributed by atoms with Crippen molar-refractivity contribution in [1.82, 2.24) is 14.9 Å². The zero-order chi connectivity index (χ0) is 18.7. The van der Waals surface area contributed by atoms with Crippen molar-refractivity contribution in [2.24, 2.45) is 0 Å². The van der Waals surface area contributed by atoms with Crippen LogP contribution in [0.15, 0.2) is 30.3 Å². The summed E-state index contributed by atoms with van der Waals surface area (Å²) in [6, 6.07) is 9.84. The number of carbonyl (C=O) groups is 1. The predicted octanol–water partition coefficient (Wildman–Crippen LogP) is 3.30. The van der Waals surface area contributed by atoms with E-state index >= 15 is 0 Å². The number of para-hydroxylation sites is 1. The molecule has 1 aliphatic rings. The van der Waals surface area contributed by atoms with Crippen LogP contribution < -0.4 is 5.32 Å². The SMILES string of the molecule is Cc1cc(C(=O)N2CCOCC2)nc(Nc2ccccc2C(C)(C)C)n1. The number of nitrogens with zero attached hydrogens (tertiary/aromatic N) is 3. The molecule has 3 rings (SSSR count). The summed E-state index contributed by atoms with van der Waals surface area (Å²) >= 11 is 0. The number of carbonyl (C=O) groups excluding carboxylic acids is 1. The summed E-state index contributed by atoms with van der Waals surface area (Å²) in [7, 11) is 0. The van der Waals surface area contributed by atoms with Gasteiger partial charge in [-0.1, -0.05) is 39.0 Å². The molecule has 1 amide bonds. The number of amides is 1. The second-order valence-corrected chi connectivity index (χ2v) is 7.54. The maximum Gasteiger partial charge on any atom is 0.272 e. The molecule has 6 heteroatoms. The highest BCUT2D eigenvalue weighted by atomic mass is 16.5. The Morgan fingerprint density at radius 2 is 1.85 bits per heavy atom. The van der Waals surface area contributed by atoms with Crippen LogP contribution >= 0.6 is 0 Å². The van der Waals surface area contributed by atoms with E-state index in [9.17, 15) is 4.79 Å². The molecule has 1 aliphatic heterocycles. The van der Waals surface area contributed by atoms with Gasteiger partial charge >= 0.3 is 0 Å². The lowest BCUT2D eigenvalue weighted by Crippen LogP contribution is -2.41. The average Bonchev–Trinajstić information content (AvgIpc) is 2.61. The van der Waals surface area contributed by atoms with Gasteiger partial charge in [0.25, 0.3) is 5.91 Å². The van der Waals surface area contributed by atoms with Crippen LogP contribution in [0.1, 0.15) is 42.5 Å². The standard InChI is InChI=1S/C20H26N4O2/c1-14-13-17(18(25)24-9-11-26-12-10-24)23-19(21-14)22-16-8-6-5-7-15(16)20(2,3)4/h5-8,13H,9-12H2,1-4H3,(H,21,22,23). The Morgan fingerprint density at radius 3 is 2.54 bits per heavy atom. The Labute approximate surface area is 154 Å². The predicted molar refractivity (Wildman–Crippen MR) is 102 cm³/mol. The number of ether oxygens (including phenoxy) is 1. The molecule has 26 heavy (non-hydrogen) atoms. The van der Waals surface area contributed by atoms with E-state index in [0.717, 1.165) is 11.4 Å². The average molecular weight is 354 g/mol. The minimum Gasteiger partial charge on any atom is -0.378 e. The van der Waals surface area contributed by atoms with Gasteiger partial charge in [0, 0.05) is 24.5 Å². The number of hydrogen-bond acceptors (Lipinski definition) is 5. The second kappa shape index (κ2) is 7.41. The molecule has 1 N–H and O–H groups in total. The second-order valence-electron chi connectivity index (χ2n) is 7.54. The fourth-order valence-electron chi connectivity index (χ4n) is 3.03. The summed E-state index contributed by atoms with van der Waals surface area (Å²) in [4.78, 5) is 23.4. The molecule has 0 saturated carbocycles. The summed E-state index contributed by atoms with van der Waals surface area (Å²) in [5.74, 6) is 0.365. The maximum atomic E-state index is 12.7. The zero-order valence-corrected chi connectivity index (χ0v) is 15.9. The molecule has 0 spiro atoms. The summed E-state index contributed by atoms with van der Waals surface area (Å²) in [6.07, 6.45) is 0. The Bertz CT molecular complexity index is 793. The highest BCUT2D eigenvalue weighted by Gasteiger charge is 2.22. The summed E-state index contributed by atoms with van der Waals surface area (Å²) < 4.78 is 5.32. The molecule has 0 aliphatic carbocycles. The number of benzene rings is 1. The first-order valence-corrected chi connectivity index (χ1v) is 8.94. The number of hydrogen-bond donors (Lipinski definition) is 1. The lowest BCUT2D eigenvalue weighted by molar-refractivity contribution is 0.0299. The van der Waals surface area contributed by atoms with E-state index < -0.39 is 0 Å². The van der Waals surface area contributed by atoms with Crippen molar-refractivity contribution in [1.29, 1.82) is 0 Å². The van der Waals surface area contributed by atoms with Crippen LogP contribution in [-0.4, -0.2) is 47.1 Å². The molecule has 1 fully saturated rings. The van der Waals surface area contributed by atoms with E-state index in [1.165, 1.54) is 5.56 Å². The number of morpholine rings is 1. The van der Waals surface area contributed by atoms with Gasteiger partial charge in [0.15, 0.2) is 0 Å². The third-order valence-electron chi connectivity index (χ3n) is 4.35. The van der Waals surface area contributed by atoms with Gasteiger partial charge in [0.05, 0.1) is 13.2 Å². The fraction of sp³-hybridized carbons (Fsp3) is 0.450. The number of rotatable bonds is 3. The van der Waals surface area contributed by atoms with Gasteiger partial charge in [-0.2, -0.15) is 0 Å². The van der Waals surface area contributed by atoms with E-state index in [2.05, 4.69) is 42.1 Å². The van der Waals surface area contributed by atoms with Gasteiger partial charge in [0.1, 0.15) is 5.69 Å². The first-order chi connectivity index (χ1) is 12.3. The van der Waals surface area contributed by atoms with E-state index in [1.54, 1.807) is 11.0 Å². The Balaban J connectivity index is 1.88. The normalized spacial score (nSPS) is 15.0. The smallest absolute Gasteiger partial charge is 0.272 e. The molecular weight excluding hydrogens is 328 g/mol. The third-order valence-corrected chi connectivity index (χ3v) is 4.35. The minimum absolute atomic E-state index is 0.0140. The quantitative estimate of drug-likeness (QED) is 0.916. The van der Waals surface area contributed by atoms with Crippen molar-refractivity contribution in [3.63, 3.8) is 0 Å².